The highest BCUT2D eigenvalue weighted by Gasteiger charge is 2.54. The molecule has 2 saturated heterocycles. The number of nitrogens with one attached hydrogen (secondary N) is 1. The Bertz CT molecular complexity index is 1450. The van der Waals surface area contributed by atoms with Gasteiger partial charge in [0.25, 0.3) is 5.95 Å². The maximum Gasteiger partial charge on any atom is 0.410 e. The number of likely N-dealkylation sites (N-methyl/N-ethyl adjacent to an activating group) is 1. The van der Waals surface area contributed by atoms with E-state index in [1.165, 1.54) is 18.9 Å². The zero-order valence-corrected chi connectivity index (χ0v) is 37.3. The van der Waals surface area contributed by atoms with Gasteiger partial charge < -0.3 is 78.8 Å². The second-order valence-corrected chi connectivity index (χ2v) is 19.3. The summed E-state index contributed by atoms with van der Waals surface area (Å²) in [6, 6.07) is -3.12. The summed E-state index contributed by atoms with van der Waals surface area (Å²) in [5, 5.41) is 37.5. The molecule has 0 bridgehead atoms. The Balaban J connectivity index is 1.51. The molecule has 1 saturated carbocycles. The number of hydrogen-bond donors (Lipinski definition) is 5. The maximum absolute atomic E-state index is 13.4. The minimum absolute atomic E-state index is 0.0151. The Hall–Kier alpha value is -3.17. The van der Waals surface area contributed by atoms with Crippen molar-refractivity contribution in [2.75, 3.05) is 40.0 Å². The summed E-state index contributed by atoms with van der Waals surface area (Å²) < 4.78 is 52.9. The van der Waals surface area contributed by atoms with Crippen LogP contribution in [0, 0.1) is 0 Å². The molecule has 0 aromatic carbocycles. The molecule has 3 heterocycles. The molecular formula is C41H72N4O15. The second-order valence-electron chi connectivity index (χ2n) is 19.3. The fourth-order valence-corrected chi connectivity index (χ4v) is 7.46. The van der Waals surface area contributed by atoms with E-state index in [2.05, 4.69) is 5.32 Å². The standard InChI is InChI=1S/C41H72N4O15/c1-38(2,3)58-35(48)43-26-21-25(42)31(57-34-30(47)33(41(10,51)23-54-34)44(11)36(49)59-39(4,5)6)29(46)32(26)56-28-17-14-15-24(55-28)22-45(37(50)60-40(7,8)9)18-20-53-27-16-12-13-19-52-27/h17,24-27,29-34,46-47,51H,12-16,18-23,42H2,1-11H3,(H,43,48)/t24-,25+,26-,27?,29?,30?,31?,32?,33+,34+,41?/m0/s1. The lowest BCUT2D eigenvalue weighted by atomic mass is 9.83. The molecule has 11 atom stereocenters. The number of allylic oxidation sites excluding steroid dienone is 1. The first kappa shape index (κ1) is 49.5. The second kappa shape index (κ2) is 20.3. The van der Waals surface area contributed by atoms with Crippen molar-refractivity contribution in [3.63, 3.8) is 0 Å². The highest BCUT2D eigenvalue weighted by Crippen LogP contribution is 2.34. The average Bonchev–Trinajstić information content (AvgIpc) is 3.10. The lowest BCUT2D eigenvalue weighted by Crippen LogP contribution is -2.69. The fraction of sp³-hybridized carbons (Fsp3) is 0.878. The first-order chi connectivity index (χ1) is 27.7. The number of alkyl carbamates (subject to hydrolysis) is 1. The third-order valence-electron chi connectivity index (χ3n) is 10.1. The van der Waals surface area contributed by atoms with Crippen molar-refractivity contribution < 1.29 is 72.3 Å². The summed E-state index contributed by atoms with van der Waals surface area (Å²) >= 11 is 0. The van der Waals surface area contributed by atoms with Crippen LogP contribution in [0.5, 0.6) is 0 Å². The normalized spacial score (nSPS) is 32.8. The number of nitrogens with zero attached hydrogens (tertiary/aromatic N) is 2. The Morgan fingerprint density at radius 3 is 2.18 bits per heavy atom. The van der Waals surface area contributed by atoms with E-state index in [9.17, 15) is 29.7 Å². The van der Waals surface area contributed by atoms with Gasteiger partial charge in [-0.1, -0.05) is 0 Å². The van der Waals surface area contributed by atoms with Gasteiger partial charge in [0.05, 0.1) is 31.8 Å². The fourth-order valence-electron chi connectivity index (χ4n) is 7.46. The van der Waals surface area contributed by atoms with E-state index in [0.717, 1.165) is 24.2 Å². The Kier molecular flexibility index (Phi) is 16.8. The van der Waals surface area contributed by atoms with Crippen LogP contribution < -0.4 is 11.1 Å². The van der Waals surface area contributed by atoms with Gasteiger partial charge in [0.15, 0.2) is 18.7 Å². The molecule has 6 N–H and O–H groups in total. The van der Waals surface area contributed by atoms with Crippen LogP contribution >= 0.6 is 0 Å². The molecule has 6 unspecified atom stereocenters. The molecule has 1 aliphatic carbocycles. The number of rotatable bonds is 12. The molecule has 0 aromatic rings. The number of aliphatic hydroxyl groups excluding tert-OH is 2. The first-order valence-corrected chi connectivity index (χ1v) is 21.0. The summed E-state index contributed by atoms with van der Waals surface area (Å²) in [5.74, 6) is 0.0422. The zero-order valence-electron chi connectivity index (χ0n) is 37.3. The monoisotopic (exact) mass is 860 g/mol. The Morgan fingerprint density at radius 2 is 1.57 bits per heavy atom. The Labute approximate surface area is 354 Å². The van der Waals surface area contributed by atoms with Gasteiger partial charge in [0.2, 0.25) is 0 Å². The lowest BCUT2D eigenvalue weighted by Gasteiger charge is -2.49. The molecule has 19 heteroatoms. The first-order valence-electron chi connectivity index (χ1n) is 21.0. The molecule has 0 radical (unpaired) electrons. The van der Waals surface area contributed by atoms with Crippen LogP contribution in [0.1, 0.15) is 108 Å². The van der Waals surface area contributed by atoms with E-state index in [1.54, 1.807) is 68.4 Å². The smallest absolute Gasteiger partial charge is 0.410 e. The van der Waals surface area contributed by atoms with Crippen LogP contribution in [0.4, 0.5) is 14.4 Å². The van der Waals surface area contributed by atoms with Crippen LogP contribution in [0.25, 0.3) is 0 Å². The van der Waals surface area contributed by atoms with Crippen molar-refractivity contribution in [2.45, 2.75) is 191 Å². The summed E-state index contributed by atoms with van der Waals surface area (Å²) in [7, 11) is 1.38. The van der Waals surface area contributed by atoms with E-state index in [4.69, 9.17) is 48.4 Å². The number of hydrogen-bond acceptors (Lipinski definition) is 16. The van der Waals surface area contributed by atoms with E-state index < -0.39 is 95.6 Å². The van der Waals surface area contributed by atoms with Crippen LogP contribution in [0.2, 0.25) is 0 Å². The molecule has 3 fully saturated rings. The molecule has 0 aromatic heterocycles. The van der Waals surface area contributed by atoms with Gasteiger partial charge in [0.1, 0.15) is 46.8 Å². The van der Waals surface area contributed by atoms with E-state index in [1.807, 2.05) is 0 Å². The molecular weight excluding hydrogens is 788 g/mol. The van der Waals surface area contributed by atoms with E-state index in [0.29, 0.717) is 19.4 Å². The van der Waals surface area contributed by atoms with Gasteiger partial charge in [-0.3, -0.25) is 0 Å². The number of carbonyl (C=O) groups excluding carboxylic acids is 3. The summed E-state index contributed by atoms with van der Waals surface area (Å²) in [4.78, 5) is 42.1. The number of carbonyl (C=O) groups is 3. The molecule has 346 valence electrons. The molecule has 4 rings (SSSR count). The zero-order chi connectivity index (χ0) is 44.8. The summed E-state index contributed by atoms with van der Waals surface area (Å²) in [5.41, 5.74) is 2.45. The maximum atomic E-state index is 13.4. The van der Waals surface area contributed by atoms with Crippen molar-refractivity contribution >= 4 is 18.3 Å². The van der Waals surface area contributed by atoms with Gasteiger partial charge in [0, 0.05) is 26.2 Å². The van der Waals surface area contributed by atoms with Crippen LogP contribution in [0.15, 0.2) is 12.0 Å². The minimum atomic E-state index is -1.72. The van der Waals surface area contributed by atoms with Gasteiger partial charge in [-0.2, -0.15) is 0 Å². The molecule has 3 aliphatic heterocycles. The van der Waals surface area contributed by atoms with Crippen molar-refractivity contribution in [1.82, 2.24) is 15.1 Å². The van der Waals surface area contributed by atoms with Gasteiger partial charge in [-0.15, -0.1) is 0 Å². The third-order valence-corrected chi connectivity index (χ3v) is 10.1. The van der Waals surface area contributed by atoms with Gasteiger partial charge >= 0.3 is 18.3 Å². The van der Waals surface area contributed by atoms with Crippen LogP contribution in [0.3, 0.4) is 0 Å². The Morgan fingerprint density at radius 1 is 0.917 bits per heavy atom. The van der Waals surface area contributed by atoms with Crippen molar-refractivity contribution in [1.29, 1.82) is 0 Å². The van der Waals surface area contributed by atoms with Gasteiger partial charge in [-0.25, -0.2) is 14.4 Å². The lowest BCUT2D eigenvalue weighted by molar-refractivity contribution is -0.306. The topological polar surface area (TPSA) is 239 Å². The van der Waals surface area contributed by atoms with Crippen molar-refractivity contribution in [2.24, 2.45) is 5.73 Å². The largest absolute Gasteiger partial charge is 0.460 e. The van der Waals surface area contributed by atoms with Crippen molar-refractivity contribution in [3.8, 4) is 0 Å². The van der Waals surface area contributed by atoms with E-state index >= 15 is 0 Å². The molecule has 3 amide bonds. The molecule has 4 aliphatic rings. The molecule has 0 spiro atoms. The number of ether oxygens (including phenoxy) is 9. The SMILES string of the molecule is CN(C(=O)OC(C)(C)C)[C@@H]1C(O)[C@@H](OC2C(O)C(OC3=CCC[C@@H](CN(CCOC4CCCCO4)C(=O)OC(C)(C)C)O3)[C@@H](NC(=O)OC(C)(C)C)C[C@H]2N)OCC1(C)O. The van der Waals surface area contributed by atoms with E-state index in [-0.39, 0.29) is 45.0 Å². The van der Waals surface area contributed by atoms with Crippen molar-refractivity contribution in [3.05, 3.63) is 12.0 Å². The predicted molar refractivity (Wildman–Crippen MR) is 215 cm³/mol. The molecule has 60 heavy (non-hydrogen) atoms. The number of amides is 3. The summed E-state index contributed by atoms with van der Waals surface area (Å²) in [6.45, 7) is 17.8. The average molecular weight is 861 g/mol. The third kappa shape index (κ3) is 14.7. The molecule has 19 nitrogen and oxygen atoms in total. The quantitative estimate of drug-likeness (QED) is 0.177. The minimum Gasteiger partial charge on any atom is -0.460 e. The van der Waals surface area contributed by atoms with Crippen LogP contribution in [-0.2, 0) is 42.6 Å². The predicted octanol–water partition coefficient (Wildman–Crippen LogP) is 3.25. The number of aliphatic hydroxyl groups is 3. The number of nitrogens with two attached hydrogens (primary N) is 1. The highest BCUT2D eigenvalue weighted by atomic mass is 16.7. The summed E-state index contributed by atoms with van der Waals surface area (Å²) in [6.07, 6.45) is -4.62. The van der Waals surface area contributed by atoms with Crippen LogP contribution in [-0.4, -0.2) is 167 Å². The highest BCUT2D eigenvalue weighted by molar-refractivity contribution is 5.69. The van der Waals surface area contributed by atoms with Gasteiger partial charge in [-0.05, 0) is 114 Å².